The number of benzene rings is 1. The zero-order valence-electron chi connectivity index (χ0n) is 19.1. The van der Waals surface area contributed by atoms with Crippen LogP contribution in [0.3, 0.4) is 0 Å². The highest BCUT2D eigenvalue weighted by Crippen LogP contribution is 2.32. The van der Waals surface area contributed by atoms with Gasteiger partial charge in [0.15, 0.2) is 11.5 Å². The highest BCUT2D eigenvalue weighted by molar-refractivity contribution is 7.84. The van der Waals surface area contributed by atoms with Crippen molar-refractivity contribution in [1.29, 1.82) is 0 Å². The molecule has 1 fully saturated rings. The molecule has 1 N–H and O–H groups in total. The predicted octanol–water partition coefficient (Wildman–Crippen LogP) is 2.91. The van der Waals surface area contributed by atoms with Crippen LogP contribution in [0.25, 0.3) is 11.5 Å². The zero-order valence-corrected chi connectivity index (χ0v) is 20.0. The Morgan fingerprint density at radius 3 is 2.56 bits per heavy atom. The lowest BCUT2D eigenvalue weighted by Gasteiger charge is -2.19. The molecule has 0 radical (unpaired) electrons. The molecule has 1 aromatic carbocycles. The van der Waals surface area contributed by atoms with Crippen LogP contribution in [0.5, 0.6) is 11.5 Å². The number of hydrogen-bond acceptors (Lipinski definition) is 7. The Bertz CT molecular complexity index is 922. The van der Waals surface area contributed by atoms with Crippen LogP contribution < -0.4 is 14.8 Å². The molecule has 0 spiro atoms. The second-order valence-corrected chi connectivity index (χ2v) is 9.38. The fourth-order valence-electron chi connectivity index (χ4n) is 3.77. The first-order chi connectivity index (χ1) is 15.5. The van der Waals surface area contributed by atoms with Crippen LogP contribution in [0.2, 0.25) is 0 Å². The molecule has 0 aliphatic carbocycles. The summed E-state index contributed by atoms with van der Waals surface area (Å²) in [4.78, 5) is 19.1. The Kier molecular flexibility index (Phi) is 9.11. The molecule has 1 aliphatic rings. The number of rotatable bonds is 10. The average Bonchev–Trinajstić information content (AvgIpc) is 2.97. The Morgan fingerprint density at radius 1 is 1.16 bits per heavy atom. The number of nitrogens with one attached hydrogen (secondary N) is 1. The molecule has 0 bridgehead atoms. The molecule has 2 aromatic rings. The Hall–Kier alpha value is -2.39. The number of aryl methyl sites for hydroxylation is 1. The number of methoxy groups -OCH3 is 2. The molecule has 9 heteroatoms. The number of nitrogens with zero attached hydrogens (tertiary/aromatic N) is 2. The van der Waals surface area contributed by atoms with E-state index in [0.717, 1.165) is 25.2 Å². The van der Waals surface area contributed by atoms with Gasteiger partial charge in [0, 0.05) is 29.5 Å². The van der Waals surface area contributed by atoms with Crippen molar-refractivity contribution in [1.82, 2.24) is 15.2 Å². The van der Waals surface area contributed by atoms with E-state index in [1.807, 2.05) is 6.07 Å². The normalized spacial score (nSPS) is 15.7. The number of carbonyl (C=O) groups excluding carboxylic acids is 1. The smallest absolute Gasteiger partial charge is 0.232 e. The van der Waals surface area contributed by atoms with E-state index in [2.05, 4.69) is 15.2 Å². The summed E-state index contributed by atoms with van der Waals surface area (Å²) in [5, 5.41) is 2.89. The standard InChI is InChI=1S/C23H33N3O5S/c1-17-19(25-23(31-17)18-8-9-20(29-2)21(14-18)30-3)15-32(28)16-22(27)24-10-13-26-11-6-4-5-7-12-26/h8-9,14H,4-7,10-13,15-16H2,1-3H3,(H,24,27)/t32-/m0/s1. The summed E-state index contributed by atoms with van der Waals surface area (Å²) in [6, 6.07) is 5.38. The van der Waals surface area contributed by atoms with E-state index in [-0.39, 0.29) is 17.4 Å². The Balaban J connectivity index is 1.51. The molecule has 176 valence electrons. The summed E-state index contributed by atoms with van der Waals surface area (Å²) < 4.78 is 28.9. The first-order valence-corrected chi connectivity index (χ1v) is 12.5. The molecule has 1 amide bonds. The second-order valence-electron chi connectivity index (χ2n) is 7.93. The van der Waals surface area contributed by atoms with Crippen molar-refractivity contribution in [3.05, 3.63) is 29.7 Å². The Labute approximate surface area is 192 Å². The van der Waals surface area contributed by atoms with Gasteiger partial charge in [-0.1, -0.05) is 12.8 Å². The molecule has 0 saturated carbocycles. The van der Waals surface area contributed by atoms with Crippen LogP contribution in [-0.4, -0.2) is 66.2 Å². The highest BCUT2D eigenvalue weighted by atomic mass is 32.2. The van der Waals surface area contributed by atoms with Gasteiger partial charge < -0.3 is 24.1 Å². The van der Waals surface area contributed by atoms with Gasteiger partial charge in [0.1, 0.15) is 11.5 Å². The SMILES string of the molecule is COc1ccc(-c2nc(C[S@](=O)CC(=O)NCCN3CCCCCC3)c(C)o2)cc1OC. The van der Waals surface area contributed by atoms with Gasteiger partial charge >= 0.3 is 0 Å². The molecule has 1 aromatic heterocycles. The van der Waals surface area contributed by atoms with Crippen molar-refractivity contribution in [3.8, 4) is 23.0 Å². The van der Waals surface area contributed by atoms with Gasteiger partial charge in [-0.25, -0.2) is 4.98 Å². The molecule has 0 unspecified atom stereocenters. The molecule has 2 heterocycles. The number of aromatic nitrogens is 1. The lowest BCUT2D eigenvalue weighted by atomic mass is 10.2. The van der Waals surface area contributed by atoms with Crippen molar-refractivity contribution < 1.29 is 22.9 Å². The number of oxazole rings is 1. The molecule has 3 rings (SSSR count). The number of hydrogen-bond donors (Lipinski definition) is 1. The molecule has 32 heavy (non-hydrogen) atoms. The van der Waals surface area contributed by atoms with E-state index in [0.29, 0.717) is 35.4 Å². The van der Waals surface area contributed by atoms with E-state index >= 15 is 0 Å². The largest absolute Gasteiger partial charge is 0.493 e. The number of likely N-dealkylation sites (tertiary alicyclic amines) is 1. The van der Waals surface area contributed by atoms with E-state index in [1.165, 1.54) is 25.7 Å². The maximum Gasteiger partial charge on any atom is 0.232 e. The summed E-state index contributed by atoms with van der Waals surface area (Å²) in [7, 11) is 1.77. The van der Waals surface area contributed by atoms with Crippen LogP contribution in [0.4, 0.5) is 0 Å². The van der Waals surface area contributed by atoms with Crippen molar-refractivity contribution in [2.45, 2.75) is 38.4 Å². The third-order valence-electron chi connectivity index (χ3n) is 5.56. The molecule has 1 saturated heterocycles. The van der Waals surface area contributed by atoms with Crippen molar-refractivity contribution in [3.63, 3.8) is 0 Å². The summed E-state index contributed by atoms with van der Waals surface area (Å²) >= 11 is 0. The molecule has 1 aliphatic heterocycles. The van der Waals surface area contributed by atoms with Gasteiger partial charge in [0.2, 0.25) is 11.8 Å². The van der Waals surface area contributed by atoms with Crippen LogP contribution in [0, 0.1) is 6.92 Å². The molecule has 8 nitrogen and oxygen atoms in total. The molecule has 1 atom stereocenters. The zero-order chi connectivity index (χ0) is 22.9. The third kappa shape index (κ3) is 6.80. The number of carbonyl (C=O) groups is 1. The number of amides is 1. The minimum Gasteiger partial charge on any atom is -0.493 e. The maximum absolute atomic E-state index is 12.5. The molecular formula is C23H33N3O5S. The van der Waals surface area contributed by atoms with Crippen LogP contribution in [0.1, 0.15) is 37.1 Å². The van der Waals surface area contributed by atoms with Crippen molar-refractivity contribution >= 4 is 16.7 Å². The summed E-state index contributed by atoms with van der Waals surface area (Å²) in [5.74, 6) is 2.12. The highest BCUT2D eigenvalue weighted by Gasteiger charge is 2.17. The summed E-state index contributed by atoms with van der Waals surface area (Å²) in [6.45, 7) is 5.40. The molecular weight excluding hydrogens is 430 g/mol. The monoisotopic (exact) mass is 463 g/mol. The quantitative estimate of drug-likeness (QED) is 0.579. The van der Waals surface area contributed by atoms with Crippen molar-refractivity contribution in [2.24, 2.45) is 0 Å². The van der Waals surface area contributed by atoms with Gasteiger partial charge in [-0.15, -0.1) is 0 Å². The summed E-state index contributed by atoms with van der Waals surface area (Å²) in [6.07, 6.45) is 5.02. The van der Waals surface area contributed by atoms with Gasteiger partial charge in [0.05, 0.1) is 25.7 Å². The lowest BCUT2D eigenvalue weighted by molar-refractivity contribution is -0.118. The first kappa shape index (κ1) is 24.3. The fourth-order valence-corrected chi connectivity index (χ4v) is 4.84. The minimum atomic E-state index is -1.37. The minimum absolute atomic E-state index is 0.0437. The van der Waals surface area contributed by atoms with E-state index in [4.69, 9.17) is 13.9 Å². The third-order valence-corrected chi connectivity index (χ3v) is 6.74. The maximum atomic E-state index is 12.5. The van der Waals surface area contributed by atoms with Crippen molar-refractivity contribution in [2.75, 3.05) is 46.2 Å². The summed E-state index contributed by atoms with van der Waals surface area (Å²) in [5.41, 5.74) is 1.32. The van der Waals surface area contributed by atoms with Crippen LogP contribution in [-0.2, 0) is 21.3 Å². The predicted molar refractivity (Wildman–Crippen MR) is 124 cm³/mol. The van der Waals surface area contributed by atoms with Gasteiger partial charge in [0.25, 0.3) is 0 Å². The van der Waals surface area contributed by atoms with E-state index in [1.54, 1.807) is 33.3 Å². The van der Waals surface area contributed by atoms with Crippen LogP contribution in [0.15, 0.2) is 22.6 Å². The number of ether oxygens (including phenoxy) is 2. The average molecular weight is 464 g/mol. The van der Waals surface area contributed by atoms with Gasteiger partial charge in [-0.3, -0.25) is 9.00 Å². The Morgan fingerprint density at radius 2 is 1.88 bits per heavy atom. The van der Waals surface area contributed by atoms with Gasteiger partial charge in [-0.05, 0) is 51.1 Å². The van der Waals surface area contributed by atoms with E-state index < -0.39 is 10.8 Å². The van der Waals surface area contributed by atoms with Crippen LogP contribution >= 0.6 is 0 Å². The van der Waals surface area contributed by atoms with E-state index in [9.17, 15) is 9.00 Å². The topological polar surface area (TPSA) is 93.9 Å². The first-order valence-electron chi connectivity index (χ1n) is 11.0. The second kappa shape index (κ2) is 12.0. The lowest BCUT2D eigenvalue weighted by Crippen LogP contribution is -2.37. The fraction of sp³-hybridized carbons (Fsp3) is 0.565. The van der Waals surface area contributed by atoms with Gasteiger partial charge in [-0.2, -0.15) is 0 Å².